The minimum Gasteiger partial charge on any atom is -0.484 e. The second-order valence-electron chi connectivity index (χ2n) is 2.66. The first-order valence-corrected chi connectivity index (χ1v) is 5.24. The van der Waals surface area contributed by atoms with Crippen molar-refractivity contribution in [2.75, 3.05) is 6.61 Å². The van der Waals surface area contributed by atoms with E-state index in [0.29, 0.717) is 0 Å². The van der Waals surface area contributed by atoms with Crippen LogP contribution in [0.1, 0.15) is 0 Å². The summed E-state index contributed by atoms with van der Waals surface area (Å²) in [4.78, 5) is 9.88. The summed E-state index contributed by atoms with van der Waals surface area (Å²) in [6.07, 6.45) is 0. The molecule has 0 unspecified atom stereocenters. The quantitative estimate of drug-likeness (QED) is 0.753. The number of nitrogens with two attached hydrogens (primary N) is 1. The average Bonchev–Trinajstić information content (AvgIpc) is 2.14. The highest BCUT2D eigenvalue weighted by Crippen LogP contribution is 2.17. The van der Waals surface area contributed by atoms with Crippen molar-refractivity contribution >= 4 is 16.1 Å². The molecule has 0 aromatic heterocycles. The van der Waals surface area contributed by atoms with Crippen LogP contribution >= 0.6 is 0 Å². The van der Waals surface area contributed by atoms with Crippen LogP contribution in [0.25, 0.3) is 0 Å². The fourth-order valence-corrected chi connectivity index (χ4v) is 1.31. The summed E-state index contributed by atoms with van der Waals surface area (Å²) in [5, 5.41) is 0. The molecule has 1 amide bonds. The van der Waals surface area contributed by atoms with Crippen LogP contribution < -0.4 is 10.5 Å². The molecular weight excluding hydrogens is 225 g/mol. The number of amides is 1. The Balaban J connectivity index is 2.77. The van der Waals surface area contributed by atoms with Crippen molar-refractivity contribution in [2.45, 2.75) is 4.90 Å². The molecule has 1 rings (SSSR count). The molecule has 0 aliphatic heterocycles. The van der Waals surface area contributed by atoms with Gasteiger partial charge >= 0.3 is 10.2 Å². The van der Waals surface area contributed by atoms with E-state index in [9.17, 15) is 17.1 Å². The molecule has 1 aromatic rings. The molecule has 0 bridgehead atoms. The molecule has 2 N–H and O–H groups in total. The Labute approximate surface area is 85.9 Å². The Morgan fingerprint density at radius 1 is 1.33 bits per heavy atom. The largest absolute Gasteiger partial charge is 0.484 e. The first-order valence-electron chi connectivity index (χ1n) is 3.85. The number of ether oxygens (including phenoxy) is 1. The van der Waals surface area contributed by atoms with E-state index in [1.165, 1.54) is 12.1 Å². The lowest BCUT2D eigenvalue weighted by atomic mass is 10.3. The first kappa shape index (κ1) is 11.4. The van der Waals surface area contributed by atoms with Crippen LogP contribution in [0.5, 0.6) is 5.75 Å². The van der Waals surface area contributed by atoms with Gasteiger partial charge in [-0.2, -0.15) is 8.42 Å². The van der Waals surface area contributed by atoms with E-state index in [4.69, 9.17) is 10.5 Å². The molecule has 0 spiro atoms. The second kappa shape index (κ2) is 4.26. The van der Waals surface area contributed by atoms with Crippen molar-refractivity contribution < 1.29 is 21.8 Å². The Morgan fingerprint density at radius 2 is 1.87 bits per heavy atom. The third kappa shape index (κ3) is 3.55. The van der Waals surface area contributed by atoms with Crippen molar-refractivity contribution in [3.8, 4) is 5.75 Å². The monoisotopic (exact) mass is 233 g/mol. The lowest BCUT2D eigenvalue weighted by Crippen LogP contribution is -2.19. The van der Waals surface area contributed by atoms with Crippen molar-refractivity contribution in [1.82, 2.24) is 0 Å². The molecule has 0 saturated heterocycles. The van der Waals surface area contributed by atoms with Gasteiger partial charge in [0.25, 0.3) is 5.91 Å². The van der Waals surface area contributed by atoms with Gasteiger partial charge in [-0.1, -0.05) is 0 Å². The Bertz CT molecular complexity index is 454. The maximum atomic E-state index is 12.4. The Hall–Kier alpha value is -1.63. The highest BCUT2D eigenvalue weighted by Gasteiger charge is 2.11. The van der Waals surface area contributed by atoms with E-state index in [0.717, 1.165) is 12.1 Å². The fraction of sp³-hybridized carbons (Fsp3) is 0.125. The van der Waals surface area contributed by atoms with Gasteiger partial charge < -0.3 is 10.5 Å². The number of rotatable bonds is 4. The predicted molar refractivity (Wildman–Crippen MR) is 49.4 cm³/mol. The van der Waals surface area contributed by atoms with Gasteiger partial charge in [0.2, 0.25) is 0 Å². The van der Waals surface area contributed by atoms with E-state index in [2.05, 4.69) is 0 Å². The van der Waals surface area contributed by atoms with Crippen LogP contribution in [-0.4, -0.2) is 20.9 Å². The molecule has 82 valence electrons. The van der Waals surface area contributed by atoms with Gasteiger partial charge in [-0.05, 0) is 24.3 Å². The normalized spacial score (nSPS) is 11.0. The Morgan fingerprint density at radius 3 is 2.27 bits per heavy atom. The highest BCUT2D eigenvalue weighted by atomic mass is 32.3. The van der Waals surface area contributed by atoms with Crippen molar-refractivity contribution in [3.05, 3.63) is 24.3 Å². The fourth-order valence-electron chi connectivity index (χ4n) is 0.853. The van der Waals surface area contributed by atoms with E-state index in [1.54, 1.807) is 0 Å². The standard InChI is InChI=1S/C8H8FNO4S/c9-15(12,13)7-3-1-6(2-4-7)14-5-8(10)11/h1-4H,5H2,(H2,10,11). The van der Waals surface area contributed by atoms with Crippen molar-refractivity contribution in [2.24, 2.45) is 5.73 Å². The summed E-state index contributed by atoms with van der Waals surface area (Å²) in [6, 6.07) is 4.53. The zero-order valence-electron chi connectivity index (χ0n) is 7.51. The van der Waals surface area contributed by atoms with Crippen molar-refractivity contribution in [3.63, 3.8) is 0 Å². The van der Waals surface area contributed by atoms with Crippen molar-refractivity contribution in [1.29, 1.82) is 0 Å². The molecule has 7 heteroatoms. The molecular formula is C8H8FNO4S. The molecule has 5 nitrogen and oxygen atoms in total. The Kier molecular flexibility index (Phi) is 3.25. The summed E-state index contributed by atoms with van der Waals surface area (Å²) in [6.45, 7) is -0.318. The minimum absolute atomic E-state index is 0.237. The smallest absolute Gasteiger partial charge is 0.332 e. The average molecular weight is 233 g/mol. The molecule has 1 aromatic carbocycles. The summed E-state index contributed by atoms with van der Waals surface area (Å²) >= 11 is 0. The topological polar surface area (TPSA) is 86.5 Å². The first-order chi connectivity index (χ1) is 6.89. The molecule has 0 heterocycles. The van der Waals surface area contributed by atoms with E-state index >= 15 is 0 Å². The maximum absolute atomic E-state index is 12.4. The SMILES string of the molecule is NC(=O)COc1ccc(S(=O)(=O)F)cc1. The number of hydrogen-bond acceptors (Lipinski definition) is 4. The number of primary amides is 1. The van der Waals surface area contributed by atoms with E-state index < -0.39 is 21.0 Å². The van der Waals surface area contributed by atoms with Crippen LogP contribution in [0.2, 0.25) is 0 Å². The molecule has 0 saturated carbocycles. The van der Waals surface area contributed by atoms with Gasteiger partial charge in [0.15, 0.2) is 6.61 Å². The van der Waals surface area contributed by atoms with Gasteiger partial charge in [0.1, 0.15) is 5.75 Å². The summed E-state index contributed by atoms with van der Waals surface area (Å²) in [5.74, 6) is -0.418. The number of carbonyl (C=O) groups excluding carboxylic acids is 1. The molecule has 0 atom stereocenters. The highest BCUT2D eigenvalue weighted by molar-refractivity contribution is 7.86. The van der Waals surface area contributed by atoms with Crippen LogP contribution in [0, 0.1) is 0 Å². The zero-order valence-corrected chi connectivity index (χ0v) is 8.33. The van der Waals surface area contributed by atoms with Crippen LogP contribution in [0.15, 0.2) is 29.2 Å². The van der Waals surface area contributed by atoms with Gasteiger partial charge in [0.05, 0.1) is 4.90 Å². The van der Waals surface area contributed by atoms with Gasteiger partial charge in [0, 0.05) is 0 Å². The number of halogens is 1. The molecule has 15 heavy (non-hydrogen) atoms. The van der Waals surface area contributed by atoms with Crippen LogP contribution in [-0.2, 0) is 15.0 Å². The summed E-state index contributed by atoms with van der Waals surface area (Å²) in [5.41, 5.74) is 4.82. The number of carbonyl (C=O) groups is 1. The van der Waals surface area contributed by atoms with Crippen LogP contribution in [0.4, 0.5) is 3.89 Å². The lowest BCUT2D eigenvalue weighted by molar-refractivity contribution is -0.119. The molecule has 0 aliphatic carbocycles. The molecule has 0 radical (unpaired) electrons. The minimum atomic E-state index is -4.70. The van der Waals surface area contributed by atoms with Gasteiger partial charge in [-0.3, -0.25) is 4.79 Å². The predicted octanol–water partition coefficient (Wildman–Crippen LogP) is 0.209. The molecule has 0 aliphatic rings. The van der Waals surface area contributed by atoms with Crippen LogP contribution in [0.3, 0.4) is 0 Å². The summed E-state index contributed by atoms with van der Waals surface area (Å²) < 4.78 is 38.1. The zero-order chi connectivity index (χ0) is 11.5. The number of benzene rings is 1. The number of hydrogen-bond donors (Lipinski definition) is 1. The molecule has 0 fully saturated rings. The van der Waals surface area contributed by atoms with E-state index in [1.807, 2.05) is 0 Å². The maximum Gasteiger partial charge on any atom is 0.332 e. The lowest BCUT2D eigenvalue weighted by Gasteiger charge is -2.03. The third-order valence-corrected chi connectivity index (χ3v) is 2.32. The second-order valence-corrected chi connectivity index (χ2v) is 4.01. The van der Waals surface area contributed by atoms with E-state index in [-0.39, 0.29) is 12.4 Å². The summed E-state index contributed by atoms with van der Waals surface area (Å²) in [7, 11) is -4.70. The van der Waals surface area contributed by atoms with Gasteiger partial charge in [-0.25, -0.2) is 0 Å². The third-order valence-electron chi connectivity index (χ3n) is 1.49. The van der Waals surface area contributed by atoms with Gasteiger partial charge in [-0.15, -0.1) is 3.89 Å².